The van der Waals surface area contributed by atoms with Crippen molar-refractivity contribution < 1.29 is 8.42 Å². The van der Waals surface area contributed by atoms with E-state index in [-0.39, 0.29) is 16.2 Å². The van der Waals surface area contributed by atoms with Crippen LogP contribution in [0.5, 0.6) is 0 Å². The maximum absolute atomic E-state index is 14.1. The van der Waals surface area contributed by atoms with Crippen molar-refractivity contribution in [1.82, 2.24) is 0 Å². The summed E-state index contributed by atoms with van der Waals surface area (Å²) in [5.74, 6) is 0. The molecule has 2 atom stereocenters. The predicted octanol–water partition coefficient (Wildman–Crippen LogP) is 13.7. The largest absolute Gasteiger partial charge is 0.223 e. The molecule has 0 radical (unpaired) electrons. The van der Waals surface area contributed by atoms with Crippen LogP contribution in [0, 0.1) is 10.8 Å². The topological polar surface area (TPSA) is 34.1 Å². The SMILES string of the molecule is CC(C=CC=C(C)C=CC1=C(C)CCCC1(C)C)=CC=CC=C(C)CCC(Cl)C(C)=CC(C1=C(C)CCCC1(C)C)S(=O)(=O)c1ccccc1. The molecule has 50 heavy (non-hydrogen) atoms. The molecule has 0 amide bonds. The maximum atomic E-state index is 14.1. The molecule has 4 heteroatoms. The Hall–Kier alpha value is -2.88. The highest BCUT2D eigenvalue weighted by atomic mass is 35.5. The number of allylic oxidation sites excluding steroid dienone is 16. The van der Waals surface area contributed by atoms with E-state index in [0.29, 0.717) is 4.90 Å². The van der Waals surface area contributed by atoms with Gasteiger partial charge in [0.05, 0.1) is 10.3 Å². The summed E-state index contributed by atoms with van der Waals surface area (Å²) in [7, 11) is -3.64. The van der Waals surface area contributed by atoms with Gasteiger partial charge in [-0.3, -0.25) is 0 Å². The first-order valence-electron chi connectivity index (χ1n) is 18.5. The van der Waals surface area contributed by atoms with E-state index in [1.54, 1.807) is 24.3 Å². The van der Waals surface area contributed by atoms with Gasteiger partial charge < -0.3 is 0 Å². The van der Waals surface area contributed by atoms with Gasteiger partial charge in [0.25, 0.3) is 0 Å². The quantitative estimate of drug-likeness (QED) is 0.109. The zero-order valence-corrected chi connectivity index (χ0v) is 34.1. The van der Waals surface area contributed by atoms with Gasteiger partial charge in [0.2, 0.25) is 0 Å². The molecule has 0 saturated heterocycles. The van der Waals surface area contributed by atoms with E-state index < -0.39 is 15.1 Å². The molecule has 2 unspecified atom stereocenters. The summed E-state index contributed by atoms with van der Waals surface area (Å²) < 4.78 is 28.3. The predicted molar refractivity (Wildman–Crippen MR) is 219 cm³/mol. The zero-order chi connectivity index (χ0) is 37.1. The van der Waals surface area contributed by atoms with Crippen LogP contribution in [-0.2, 0) is 9.84 Å². The third-order valence-corrected chi connectivity index (χ3v) is 13.1. The lowest BCUT2D eigenvalue weighted by molar-refractivity contribution is 0.360. The molecule has 1 aromatic rings. The van der Waals surface area contributed by atoms with Crippen molar-refractivity contribution in [2.75, 3.05) is 0 Å². The number of benzene rings is 1. The van der Waals surface area contributed by atoms with E-state index in [1.165, 1.54) is 52.7 Å². The molecule has 0 heterocycles. The van der Waals surface area contributed by atoms with Crippen molar-refractivity contribution >= 4 is 21.4 Å². The lowest BCUT2D eigenvalue weighted by Crippen LogP contribution is -2.34. The highest BCUT2D eigenvalue weighted by molar-refractivity contribution is 7.92. The Labute approximate surface area is 311 Å². The third kappa shape index (κ3) is 11.8. The van der Waals surface area contributed by atoms with E-state index in [0.717, 1.165) is 43.3 Å². The molecule has 0 saturated carbocycles. The van der Waals surface area contributed by atoms with Crippen LogP contribution in [0.3, 0.4) is 0 Å². The van der Waals surface area contributed by atoms with Gasteiger partial charge in [0.15, 0.2) is 9.84 Å². The van der Waals surface area contributed by atoms with Crippen LogP contribution in [0.25, 0.3) is 0 Å². The lowest BCUT2D eigenvalue weighted by Gasteiger charge is -2.38. The van der Waals surface area contributed by atoms with Crippen LogP contribution in [-0.4, -0.2) is 19.0 Å². The first-order valence-corrected chi connectivity index (χ1v) is 20.5. The summed E-state index contributed by atoms with van der Waals surface area (Å²) in [6.45, 7) is 21.8. The number of halogens is 1. The molecule has 272 valence electrons. The van der Waals surface area contributed by atoms with Crippen LogP contribution in [0.1, 0.15) is 121 Å². The summed E-state index contributed by atoms with van der Waals surface area (Å²) in [4.78, 5) is 0.359. The van der Waals surface area contributed by atoms with E-state index in [9.17, 15) is 8.42 Å². The molecular weight excluding hydrogens is 652 g/mol. The van der Waals surface area contributed by atoms with Crippen molar-refractivity contribution in [3.63, 3.8) is 0 Å². The minimum absolute atomic E-state index is 0.196. The maximum Gasteiger partial charge on any atom is 0.188 e. The molecule has 3 rings (SSSR count). The number of hydrogen-bond donors (Lipinski definition) is 0. The molecule has 0 fully saturated rings. The summed E-state index contributed by atoms with van der Waals surface area (Å²) in [6.07, 6.45) is 29.7. The average Bonchev–Trinajstić information content (AvgIpc) is 3.04. The van der Waals surface area contributed by atoms with Crippen molar-refractivity contribution in [2.45, 2.75) is 136 Å². The average molecular weight is 716 g/mol. The Morgan fingerprint density at radius 1 is 0.800 bits per heavy atom. The van der Waals surface area contributed by atoms with Gasteiger partial charge in [-0.1, -0.05) is 140 Å². The molecule has 0 bridgehead atoms. The van der Waals surface area contributed by atoms with Gasteiger partial charge in [-0.2, -0.15) is 0 Å². The summed E-state index contributed by atoms with van der Waals surface area (Å²) in [6, 6.07) is 8.86. The second-order valence-corrected chi connectivity index (χ2v) is 18.6. The van der Waals surface area contributed by atoms with Gasteiger partial charge >= 0.3 is 0 Å². The Bertz CT molecular complexity index is 1720. The molecule has 0 N–H and O–H groups in total. The first kappa shape index (κ1) is 41.5. The van der Waals surface area contributed by atoms with Crippen molar-refractivity contribution in [2.24, 2.45) is 10.8 Å². The summed E-state index contributed by atoms with van der Waals surface area (Å²) in [5.41, 5.74) is 9.88. The van der Waals surface area contributed by atoms with Crippen LogP contribution in [0.4, 0.5) is 0 Å². The first-order chi connectivity index (χ1) is 23.5. The Kier molecular flexibility index (Phi) is 15.4. The van der Waals surface area contributed by atoms with Crippen molar-refractivity contribution in [3.8, 4) is 0 Å². The van der Waals surface area contributed by atoms with E-state index in [2.05, 4.69) is 117 Å². The Morgan fingerprint density at radius 3 is 2.02 bits per heavy atom. The fourth-order valence-electron chi connectivity index (χ4n) is 7.48. The normalized spacial score (nSPS) is 21.2. The van der Waals surface area contributed by atoms with Crippen LogP contribution < -0.4 is 0 Å². The van der Waals surface area contributed by atoms with Crippen LogP contribution in [0.15, 0.2) is 141 Å². The smallest absolute Gasteiger partial charge is 0.188 e. The van der Waals surface area contributed by atoms with E-state index in [1.807, 2.05) is 19.1 Å². The Morgan fingerprint density at radius 2 is 1.38 bits per heavy atom. The second-order valence-electron chi connectivity index (χ2n) is 16.0. The van der Waals surface area contributed by atoms with Crippen molar-refractivity contribution in [3.05, 3.63) is 136 Å². The highest BCUT2D eigenvalue weighted by Crippen LogP contribution is 2.45. The molecule has 2 nitrogen and oxygen atoms in total. The van der Waals surface area contributed by atoms with Gasteiger partial charge in [0.1, 0.15) is 5.25 Å². The fraction of sp³-hybridized carbons (Fsp3) is 0.478. The highest BCUT2D eigenvalue weighted by Gasteiger charge is 2.39. The lowest BCUT2D eigenvalue weighted by atomic mass is 9.71. The number of rotatable bonds is 14. The number of hydrogen-bond acceptors (Lipinski definition) is 2. The van der Waals surface area contributed by atoms with Gasteiger partial charge in [-0.25, -0.2) is 8.42 Å². The molecule has 2 aliphatic rings. The van der Waals surface area contributed by atoms with E-state index >= 15 is 0 Å². The monoisotopic (exact) mass is 714 g/mol. The van der Waals surface area contributed by atoms with E-state index in [4.69, 9.17) is 11.6 Å². The standard InChI is InChI=1S/C46H63ClO2S/c1-34(21-16-22-36(3)27-29-41-37(4)23-17-31-45(41,7)8)19-14-15-20-35(2)28-30-42(47)39(6)33-43(44-38(5)24-18-32-46(44,9)10)50(48,49)40-25-12-11-13-26-40/h11-16,19-22,25-27,29,33,42-43H,17-18,23-24,28,30-32H2,1-10H3. The van der Waals surface area contributed by atoms with Crippen LogP contribution in [0.2, 0.25) is 0 Å². The second kappa shape index (κ2) is 18.6. The molecule has 0 spiro atoms. The summed E-state index contributed by atoms with van der Waals surface area (Å²) >= 11 is 6.96. The van der Waals surface area contributed by atoms with Gasteiger partial charge in [0, 0.05) is 0 Å². The fourth-order valence-corrected chi connectivity index (χ4v) is 9.71. The molecular formula is C46H63ClO2S. The number of alkyl halides is 1. The summed E-state index contributed by atoms with van der Waals surface area (Å²) in [5, 5.41) is -0.978. The van der Waals surface area contributed by atoms with Gasteiger partial charge in [-0.15, -0.1) is 11.6 Å². The number of sulfone groups is 1. The third-order valence-electron chi connectivity index (χ3n) is 10.6. The zero-order valence-electron chi connectivity index (χ0n) is 32.6. The van der Waals surface area contributed by atoms with Crippen molar-refractivity contribution in [1.29, 1.82) is 0 Å². The molecule has 1 aromatic carbocycles. The molecule has 0 aliphatic heterocycles. The minimum Gasteiger partial charge on any atom is -0.223 e. The molecule has 2 aliphatic carbocycles. The van der Waals surface area contributed by atoms with Gasteiger partial charge in [-0.05, 0) is 127 Å². The van der Waals surface area contributed by atoms with Crippen LogP contribution >= 0.6 is 11.6 Å². The minimum atomic E-state index is -3.64. The Balaban J connectivity index is 1.64. The molecule has 0 aromatic heterocycles.